The molecule has 1 aliphatic rings. The zero-order valence-corrected chi connectivity index (χ0v) is 25.2. The molecule has 42 heavy (non-hydrogen) atoms. The van der Waals surface area contributed by atoms with Gasteiger partial charge in [0.15, 0.2) is 0 Å². The van der Waals surface area contributed by atoms with Crippen LogP contribution in [0.25, 0.3) is 0 Å². The van der Waals surface area contributed by atoms with Gasteiger partial charge in [-0.15, -0.1) is 0 Å². The monoisotopic (exact) mass is 593 g/mol. The zero-order valence-electron chi connectivity index (χ0n) is 24.4. The highest BCUT2D eigenvalue weighted by molar-refractivity contribution is 7.92. The Kier molecular flexibility index (Phi) is 10.5. The Bertz CT molecular complexity index is 1420. The Morgan fingerprint density at radius 3 is 2.12 bits per heavy atom. The number of amides is 2. The third-order valence-electron chi connectivity index (χ3n) is 7.43. The van der Waals surface area contributed by atoms with Crippen LogP contribution in [-0.2, 0) is 32.8 Å². The minimum absolute atomic E-state index is 0.0908. The highest BCUT2D eigenvalue weighted by Gasteiger charge is 2.31. The largest absolute Gasteiger partial charge is 0.497 e. The molecule has 0 bridgehead atoms. The van der Waals surface area contributed by atoms with Crippen molar-refractivity contribution in [3.05, 3.63) is 90.0 Å². The summed E-state index contributed by atoms with van der Waals surface area (Å²) in [5.74, 6) is 0.494. The number of hydrogen-bond acceptors (Lipinski definition) is 6. The van der Waals surface area contributed by atoms with Crippen molar-refractivity contribution in [1.82, 2.24) is 10.2 Å². The molecule has 10 heteroatoms. The van der Waals surface area contributed by atoms with Crippen molar-refractivity contribution in [1.29, 1.82) is 0 Å². The molecule has 0 heterocycles. The molecule has 1 saturated carbocycles. The third kappa shape index (κ3) is 8.48. The van der Waals surface area contributed by atoms with Crippen LogP contribution in [0.1, 0.15) is 43.7 Å². The second-order valence-electron chi connectivity index (χ2n) is 10.6. The molecule has 0 spiro atoms. The van der Waals surface area contributed by atoms with Gasteiger partial charge in [-0.1, -0.05) is 55.3 Å². The summed E-state index contributed by atoms with van der Waals surface area (Å²) in [6.07, 6.45) is 5.01. The highest BCUT2D eigenvalue weighted by atomic mass is 32.2. The van der Waals surface area contributed by atoms with Crippen molar-refractivity contribution in [3.8, 4) is 11.5 Å². The smallest absolute Gasteiger partial charge is 0.244 e. The summed E-state index contributed by atoms with van der Waals surface area (Å²) in [6, 6.07) is 22.8. The summed E-state index contributed by atoms with van der Waals surface area (Å²) in [7, 11) is -2.26. The number of sulfonamides is 1. The maximum Gasteiger partial charge on any atom is 0.244 e. The van der Waals surface area contributed by atoms with Crippen molar-refractivity contribution in [3.63, 3.8) is 0 Å². The fraction of sp³-hybridized carbons (Fsp3) is 0.375. The summed E-state index contributed by atoms with van der Waals surface area (Å²) in [6.45, 7) is 1.72. The van der Waals surface area contributed by atoms with Crippen LogP contribution >= 0.6 is 0 Å². The topological polar surface area (TPSA) is 105 Å². The van der Waals surface area contributed by atoms with Gasteiger partial charge in [0, 0.05) is 12.6 Å². The summed E-state index contributed by atoms with van der Waals surface area (Å²) in [4.78, 5) is 28.5. The van der Waals surface area contributed by atoms with Gasteiger partial charge in [0.1, 0.15) is 30.7 Å². The molecule has 0 aromatic heterocycles. The van der Waals surface area contributed by atoms with E-state index in [1.165, 1.54) is 4.90 Å². The second-order valence-corrected chi connectivity index (χ2v) is 12.5. The minimum Gasteiger partial charge on any atom is -0.497 e. The van der Waals surface area contributed by atoms with Gasteiger partial charge in [-0.2, -0.15) is 0 Å². The first kappa shape index (κ1) is 30.9. The number of nitrogens with zero attached hydrogens (tertiary/aromatic N) is 2. The number of nitrogens with one attached hydrogen (secondary N) is 1. The lowest BCUT2D eigenvalue weighted by Crippen LogP contribution is -2.52. The van der Waals surface area contributed by atoms with Crippen LogP contribution in [0, 0.1) is 0 Å². The summed E-state index contributed by atoms with van der Waals surface area (Å²) in [5, 5.41) is 3.06. The predicted molar refractivity (Wildman–Crippen MR) is 163 cm³/mol. The van der Waals surface area contributed by atoms with Crippen LogP contribution in [0.5, 0.6) is 11.5 Å². The zero-order chi connectivity index (χ0) is 30.1. The predicted octanol–water partition coefficient (Wildman–Crippen LogP) is 4.52. The molecule has 1 unspecified atom stereocenters. The van der Waals surface area contributed by atoms with Crippen LogP contribution in [0.3, 0.4) is 0 Å². The van der Waals surface area contributed by atoms with E-state index in [0.29, 0.717) is 23.8 Å². The van der Waals surface area contributed by atoms with Crippen molar-refractivity contribution < 1.29 is 27.5 Å². The van der Waals surface area contributed by atoms with Gasteiger partial charge in [0.2, 0.25) is 21.8 Å². The van der Waals surface area contributed by atoms with Crippen LogP contribution in [0.15, 0.2) is 78.9 Å². The molecule has 224 valence electrons. The Morgan fingerprint density at radius 2 is 1.52 bits per heavy atom. The molecular weight excluding hydrogens is 554 g/mol. The van der Waals surface area contributed by atoms with Crippen molar-refractivity contribution in [2.75, 3.05) is 24.2 Å². The second kappa shape index (κ2) is 14.2. The number of ether oxygens (including phenoxy) is 2. The summed E-state index contributed by atoms with van der Waals surface area (Å²) >= 11 is 0. The highest BCUT2D eigenvalue weighted by Crippen LogP contribution is 2.24. The standard InChI is InChI=1S/C32H39N3O6S/c1-24(32(37)33-27-11-7-8-12-27)34(21-25-13-17-29(40-2)18-14-25)31(36)22-35(42(3,38)39)28-15-19-30(20-16-28)41-23-26-9-5-4-6-10-26/h4-6,9-10,13-20,24,27H,7-8,11-12,21-23H2,1-3H3,(H,33,37). The van der Waals surface area contributed by atoms with Crippen LogP contribution < -0.4 is 19.1 Å². The summed E-state index contributed by atoms with van der Waals surface area (Å²) < 4.78 is 37.9. The van der Waals surface area contributed by atoms with Crippen LogP contribution in [-0.4, -0.2) is 57.1 Å². The Morgan fingerprint density at radius 1 is 0.905 bits per heavy atom. The lowest BCUT2D eigenvalue weighted by molar-refractivity contribution is -0.139. The fourth-order valence-corrected chi connectivity index (χ4v) is 5.82. The molecule has 3 aromatic carbocycles. The first-order valence-corrected chi connectivity index (χ1v) is 16.0. The average Bonchev–Trinajstić information content (AvgIpc) is 3.51. The Balaban J connectivity index is 1.52. The third-order valence-corrected chi connectivity index (χ3v) is 8.57. The molecule has 4 rings (SSSR count). The van der Waals surface area contributed by atoms with E-state index >= 15 is 0 Å². The van der Waals surface area contributed by atoms with Gasteiger partial charge >= 0.3 is 0 Å². The van der Waals surface area contributed by atoms with E-state index in [2.05, 4.69) is 5.32 Å². The van der Waals surface area contributed by atoms with Crippen LogP contribution in [0.2, 0.25) is 0 Å². The number of hydrogen-bond donors (Lipinski definition) is 1. The number of methoxy groups -OCH3 is 1. The minimum atomic E-state index is -3.83. The van der Waals surface area contributed by atoms with E-state index in [1.54, 1.807) is 50.4 Å². The van der Waals surface area contributed by atoms with Crippen molar-refractivity contribution >= 4 is 27.5 Å². The normalized spacial score (nSPS) is 14.2. The molecule has 3 aromatic rings. The first-order valence-electron chi connectivity index (χ1n) is 14.1. The van der Waals surface area contributed by atoms with Gasteiger partial charge in [0.05, 0.1) is 19.1 Å². The fourth-order valence-electron chi connectivity index (χ4n) is 4.97. The SMILES string of the molecule is COc1ccc(CN(C(=O)CN(c2ccc(OCc3ccccc3)cc2)S(C)(=O)=O)C(C)C(=O)NC2CCCC2)cc1. The number of anilines is 1. The Labute approximate surface area is 248 Å². The van der Waals surface area contributed by atoms with E-state index in [4.69, 9.17) is 9.47 Å². The lowest BCUT2D eigenvalue weighted by Gasteiger charge is -2.32. The maximum atomic E-state index is 13.8. The van der Waals surface area contributed by atoms with Gasteiger partial charge < -0.3 is 19.7 Å². The molecule has 1 N–H and O–H groups in total. The average molecular weight is 594 g/mol. The molecule has 9 nitrogen and oxygen atoms in total. The van der Waals surface area contributed by atoms with E-state index in [9.17, 15) is 18.0 Å². The van der Waals surface area contributed by atoms with Gasteiger partial charge in [0.25, 0.3) is 0 Å². The molecule has 1 atom stereocenters. The lowest BCUT2D eigenvalue weighted by atomic mass is 10.1. The van der Waals surface area contributed by atoms with E-state index in [1.807, 2.05) is 42.5 Å². The van der Waals surface area contributed by atoms with Gasteiger partial charge in [-0.05, 0) is 67.3 Å². The molecule has 0 radical (unpaired) electrons. The first-order chi connectivity index (χ1) is 20.1. The van der Waals surface area contributed by atoms with E-state index in [-0.39, 0.29) is 18.5 Å². The number of rotatable bonds is 13. The van der Waals surface area contributed by atoms with E-state index < -0.39 is 28.5 Å². The van der Waals surface area contributed by atoms with Crippen molar-refractivity contribution in [2.24, 2.45) is 0 Å². The van der Waals surface area contributed by atoms with E-state index in [0.717, 1.165) is 47.4 Å². The Hall–Kier alpha value is -4.05. The molecule has 0 aliphatic heterocycles. The molecule has 1 aliphatic carbocycles. The molecule has 2 amide bonds. The van der Waals surface area contributed by atoms with Gasteiger partial charge in [-0.25, -0.2) is 8.42 Å². The molecular formula is C32H39N3O6S. The number of benzene rings is 3. The van der Waals surface area contributed by atoms with Crippen LogP contribution in [0.4, 0.5) is 5.69 Å². The summed E-state index contributed by atoms with van der Waals surface area (Å²) in [5.41, 5.74) is 2.12. The quantitative estimate of drug-likeness (QED) is 0.313. The maximum absolute atomic E-state index is 13.8. The number of carbonyl (C=O) groups excluding carboxylic acids is 2. The molecule has 1 fully saturated rings. The van der Waals surface area contributed by atoms with Gasteiger partial charge in [-0.3, -0.25) is 13.9 Å². The molecule has 0 saturated heterocycles. The number of carbonyl (C=O) groups is 2. The van der Waals surface area contributed by atoms with Crippen molar-refractivity contribution in [2.45, 2.75) is 57.8 Å².